The second-order valence-electron chi connectivity index (χ2n) is 6.90. The van der Waals surface area contributed by atoms with E-state index in [2.05, 4.69) is 0 Å². The average Bonchev–Trinajstić information content (AvgIpc) is 2.52. The van der Waals surface area contributed by atoms with Crippen LogP contribution < -0.4 is 14.4 Å². The summed E-state index contributed by atoms with van der Waals surface area (Å²) in [6.07, 6.45) is -0.317. The van der Waals surface area contributed by atoms with Crippen LogP contribution in [0.4, 0.5) is 14.9 Å². The highest BCUT2D eigenvalue weighted by Crippen LogP contribution is 2.40. The first kappa shape index (κ1) is 16.7. The van der Waals surface area contributed by atoms with Crippen LogP contribution in [0.15, 0.2) is 12.1 Å². The molecule has 2 aliphatic heterocycles. The summed E-state index contributed by atoms with van der Waals surface area (Å²) < 4.78 is 30.4. The van der Waals surface area contributed by atoms with Gasteiger partial charge in [0.15, 0.2) is 11.5 Å². The molecule has 1 fully saturated rings. The number of anilines is 1. The predicted octanol–water partition coefficient (Wildman–Crippen LogP) is 2.65. The second kappa shape index (κ2) is 6.37. The zero-order valence-corrected chi connectivity index (χ0v) is 14.3. The summed E-state index contributed by atoms with van der Waals surface area (Å²) in [4.78, 5) is 15.8. The predicted molar refractivity (Wildman–Crippen MR) is 87.4 cm³/mol. The van der Waals surface area contributed by atoms with Gasteiger partial charge in [-0.3, -0.25) is 0 Å². The molecule has 0 aromatic heterocycles. The molecule has 0 saturated carbocycles. The Labute approximate surface area is 141 Å². The average molecular weight is 338 g/mol. The van der Waals surface area contributed by atoms with Crippen LogP contribution in [0.1, 0.15) is 20.8 Å². The molecule has 2 aliphatic rings. The van der Waals surface area contributed by atoms with Crippen molar-refractivity contribution in [2.75, 3.05) is 44.3 Å². The van der Waals surface area contributed by atoms with Crippen molar-refractivity contribution < 1.29 is 23.4 Å². The standard InChI is InChI=1S/C17H23FN2O4/c1-17(2,3)24-16(21)20-6-4-19(5-7-20)13-10-12(18)11-14-15(13)23-9-8-22-14/h10-11H,4-9H2,1-3H3. The Hall–Kier alpha value is -2.18. The van der Waals surface area contributed by atoms with E-state index in [0.29, 0.717) is 56.6 Å². The van der Waals surface area contributed by atoms with E-state index in [1.807, 2.05) is 25.7 Å². The van der Waals surface area contributed by atoms with Gasteiger partial charge in [-0.05, 0) is 20.8 Å². The minimum absolute atomic E-state index is 0.317. The molecule has 2 heterocycles. The Morgan fingerprint density at radius 2 is 1.79 bits per heavy atom. The minimum Gasteiger partial charge on any atom is -0.486 e. The highest BCUT2D eigenvalue weighted by Gasteiger charge is 2.28. The van der Waals surface area contributed by atoms with E-state index in [0.717, 1.165) is 0 Å². The third kappa shape index (κ3) is 3.66. The first-order valence-corrected chi connectivity index (χ1v) is 8.15. The van der Waals surface area contributed by atoms with Gasteiger partial charge in [0.25, 0.3) is 0 Å². The van der Waals surface area contributed by atoms with Gasteiger partial charge in [0.1, 0.15) is 24.6 Å². The highest BCUT2D eigenvalue weighted by molar-refractivity contribution is 5.70. The molecular weight excluding hydrogens is 315 g/mol. The van der Waals surface area contributed by atoms with Crippen LogP contribution in [0.3, 0.4) is 0 Å². The van der Waals surface area contributed by atoms with Gasteiger partial charge in [-0.15, -0.1) is 0 Å². The number of nitrogens with zero attached hydrogens (tertiary/aromatic N) is 2. The zero-order chi connectivity index (χ0) is 17.3. The number of fused-ring (bicyclic) bond motifs is 1. The van der Waals surface area contributed by atoms with E-state index in [1.54, 1.807) is 4.90 Å². The fourth-order valence-electron chi connectivity index (χ4n) is 2.79. The summed E-state index contributed by atoms with van der Waals surface area (Å²) in [6, 6.07) is 2.80. The number of halogens is 1. The van der Waals surface area contributed by atoms with Crippen LogP contribution in [0.25, 0.3) is 0 Å². The Kier molecular flexibility index (Phi) is 4.43. The molecule has 6 nitrogen and oxygen atoms in total. The summed E-state index contributed by atoms with van der Waals surface area (Å²) in [5.41, 5.74) is 0.162. The van der Waals surface area contributed by atoms with E-state index in [1.165, 1.54) is 12.1 Å². The molecule has 1 saturated heterocycles. The van der Waals surface area contributed by atoms with Crippen LogP contribution in [0, 0.1) is 5.82 Å². The number of ether oxygens (including phenoxy) is 3. The number of hydrogen-bond donors (Lipinski definition) is 0. The summed E-state index contributed by atoms with van der Waals surface area (Å²) in [6.45, 7) is 8.59. The maximum absolute atomic E-state index is 13.9. The molecule has 0 unspecified atom stereocenters. The first-order valence-electron chi connectivity index (χ1n) is 8.15. The van der Waals surface area contributed by atoms with Crippen molar-refractivity contribution in [3.05, 3.63) is 17.9 Å². The van der Waals surface area contributed by atoms with E-state index in [9.17, 15) is 9.18 Å². The molecule has 1 aromatic rings. The van der Waals surface area contributed by atoms with Crippen LogP contribution in [-0.2, 0) is 4.74 Å². The van der Waals surface area contributed by atoms with Gasteiger partial charge in [-0.1, -0.05) is 0 Å². The number of amides is 1. The SMILES string of the molecule is CC(C)(C)OC(=O)N1CCN(c2cc(F)cc3c2OCCO3)CC1. The molecule has 0 atom stereocenters. The van der Waals surface area contributed by atoms with Gasteiger partial charge in [0.2, 0.25) is 0 Å². The van der Waals surface area contributed by atoms with Gasteiger partial charge in [-0.2, -0.15) is 0 Å². The molecule has 7 heteroatoms. The minimum atomic E-state index is -0.513. The number of carbonyl (C=O) groups is 1. The van der Waals surface area contributed by atoms with E-state index in [-0.39, 0.29) is 11.9 Å². The van der Waals surface area contributed by atoms with E-state index < -0.39 is 5.60 Å². The van der Waals surface area contributed by atoms with Crippen LogP contribution in [0.5, 0.6) is 11.5 Å². The lowest BCUT2D eigenvalue weighted by Gasteiger charge is -2.37. The third-order valence-electron chi connectivity index (χ3n) is 3.86. The van der Waals surface area contributed by atoms with Gasteiger partial charge in [0.05, 0.1) is 5.69 Å². The van der Waals surface area contributed by atoms with Crippen LogP contribution in [-0.4, -0.2) is 56.0 Å². The zero-order valence-electron chi connectivity index (χ0n) is 14.3. The maximum Gasteiger partial charge on any atom is 0.410 e. The van der Waals surface area contributed by atoms with E-state index in [4.69, 9.17) is 14.2 Å². The fourth-order valence-corrected chi connectivity index (χ4v) is 2.79. The number of carbonyl (C=O) groups excluding carboxylic acids is 1. The van der Waals surface area contributed by atoms with Gasteiger partial charge < -0.3 is 24.0 Å². The number of rotatable bonds is 1. The summed E-state index contributed by atoms with van der Waals surface area (Å²) in [5.74, 6) is 0.656. The van der Waals surface area contributed by atoms with E-state index >= 15 is 0 Å². The quantitative estimate of drug-likeness (QED) is 0.788. The molecule has 0 bridgehead atoms. The smallest absolute Gasteiger partial charge is 0.410 e. The van der Waals surface area contributed by atoms with Gasteiger partial charge >= 0.3 is 6.09 Å². The summed E-state index contributed by atoms with van der Waals surface area (Å²) >= 11 is 0. The topological polar surface area (TPSA) is 51.2 Å². The molecule has 0 N–H and O–H groups in total. The first-order chi connectivity index (χ1) is 11.3. The Bertz CT molecular complexity index is 622. The lowest BCUT2D eigenvalue weighted by Crippen LogP contribution is -2.50. The van der Waals surface area contributed by atoms with Crippen molar-refractivity contribution in [2.45, 2.75) is 26.4 Å². The highest BCUT2D eigenvalue weighted by atomic mass is 19.1. The van der Waals surface area contributed by atoms with Crippen molar-refractivity contribution >= 4 is 11.8 Å². The van der Waals surface area contributed by atoms with Crippen LogP contribution in [0.2, 0.25) is 0 Å². The summed E-state index contributed by atoms with van der Waals surface area (Å²) in [7, 11) is 0. The molecule has 3 rings (SSSR count). The lowest BCUT2D eigenvalue weighted by atomic mass is 10.2. The molecule has 0 radical (unpaired) electrons. The number of piperazine rings is 1. The largest absolute Gasteiger partial charge is 0.486 e. The second-order valence-corrected chi connectivity index (χ2v) is 6.90. The normalized spacial score (nSPS) is 17.7. The third-order valence-corrected chi connectivity index (χ3v) is 3.86. The molecule has 0 spiro atoms. The van der Waals surface area contributed by atoms with Crippen LogP contribution >= 0.6 is 0 Å². The maximum atomic E-state index is 13.9. The number of benzene rings is 1. The molecule has 1 aromatic carbocycles. The van der Waals surface area contributed by atoms with Gasteiger partial charge in [-0.25, -0.2) is 9.18 Å². The Morgan fingerprint density at radius 1 is 1.12 bits per heavy atom. The molecule has 0 aliphatic carbocycles. The monoisotopic (exact) mass is 338 g/mol. The Balaban J connectivity index is 1.69. The van der Waals surface area contributed by atoms with Crippen molar-refractivity contribution in [2.24, 2.45) is 0 Å². The van der Waals surface area contributed by atoms with Gasteiger partial charge in [0, 0.05) is 38.3 Å². The fraction of sp³-hybridized carbons (Fsp3) is 0.588. The van der Waals surface area contributed by atoms with Crippen molar-refractivity contribution in [3.63, 3.8) is 0 Å². The van der Waals surface area contributed by atoms with Crippen molar-refractivity contribution in [3.8, 4) is 11.5 Å². The molecule has 132 valence electrons. The molecular formula is C17H23FN2O4. The molecule has 1 amide bonds. The summed E-state index contributed by atoms with van der Waals surface area (Å²) in [5, 5.41) is 0. The number of hydrogen-bond acceptors (Lipinski definition) is 5. The van der Waals surface area contributed by atoms with Crippen molar-refractivity contribution in [1.29, 1.82) is 0 Å². The van der Waals surface area contributed by atoms with Crippen molar-refractivity contribution in [1.82, 2.24) is 4.90 Å². The molecule has 24 heavy (non-hydrogen) atoms. The Morgan fingerprint density at radius 3 is 2.46 bits per heavy atom. The lowest BCUT2D eigenvalue weighted by molar-refractivity contribution is 0.0240.